The van der Waals surface area contributed by atoms with Crippen molar-refractivity contribution in [3.63, 3.8) is 0 Å². The molecule has 6 heteroatoms. The molecule has 76 valence electrons. The van der Waals surface area contributed by atoms with Gasteiger partial charge in [-0.25, -0.2) is 4.79 Å². The molecule has 1 unspecified atom stereocenters. The molecular weight excluding hydrogens is 299 g/mol. The van der Waals surface area contributed by atoms with Crippen LogP contribution in [0.2, 0.25) is 0 Å². The van der Waals surface area contributed by atoms with E-state index in [1.165, 1.54) is 10.8 Å². The molecule has 1 aromatic heterocycles. The molecule has 1 N–H and O–H groups in total. The van der Waals surface area contributed by atoms with E-state index in [-0.39, 0.29) is 11.8 Å². The van der Waals surface area contributed by atoms with Crippen LogP contribution in [0.3, 0.4) is 0 Å². The Kier molecular flexibility index (Phi) is 2.73. The molecule has 1 saturated heterocycles. The number of aromatic nitrogens is 2. The van der Waals surface area contributed by atoms with Gasteiger partial charge in [-0.1, -0.05) is 0 Å². The van der Waals surface area contributed by atoms with Gasteiger partial charge in [0.05, 0.1) is 3.57 Å². The van der Waals surface area contributed by atoms with Gasteiger partial charge >= 0.3 is 5.69 Å². The summed E-state index contributed by atoms with van der Waals surface area (Å²) < 4.78 is 7.29. The third kappa shape index (κ3) is 1.76. The van der Waals surface area contributed by atoms with Crippen molar-refractivity contribution in [1.82, 2.24) is 9.55 Å². The fourth-order valence-corrected chi connectivity index (χ4v) is 1.89. The maximum absolute atomic E-state index is 11.4. The summed E-state index contributed by atoms with van der Waals surface area (Å²) in [6, 6.07) is 0. The maximum atomic E-state index is 11.4. The van der Waals surface area contributed by atoms with Crippen molar-refractivity contribution < 1.29 is 4.74 Å². The summed E-state index contributed by atoms with van der Waals surface area (Å²) in [6.45, 7) is 0.673. The van der Waals surface area contributed by atoms with E-state index in [0.29, 0.717) is 10.2 Å². The lowest BCUT2D eigenvalue weighted by Crippen LogP contribution is -2.33. The molecule has 1 aliphatic heterocycles. The zero-order valence-corrected chi connectivity index (χ0v) is 9.48. The number of halogens is 1. The zero-order chi connectivity index (χ0) is 10.1. The number of aromatic amines is 1. The lowest BCUT2D eigenvalue weighted by atomic mass is 10.3. The second-order valence-corrected chi connectivity index (χ2v) is 4.27. The minimum atomic E-state index is -0.401. The number of ether oxygens (including phenoxy) is 1. The van der Waals surface area contributed by atoms with E-state index in [1.54, 1.807) is 0 Å². The second kappa shape index (κ2) is 3.85. The van der Waals surface area contributed by atoms with Crippen LogP contribution < -0.4 is 11.2 Å². The molecule has 5 nitrogen and oxygen atoms in total. The van der Waals surface area contributed by atoms with Gasteiger partial charge in [0.25, 0.3) is 5.56 Å². The highest BCUT2D eigenvalue weighted by Crippen LogP contribution is 2.20. The Labute approximate surface area is 93.2 Å². The third-order valence-electron chi connectivity index (χ3n) is 2.14. The fraction of sp³-hybridized carbons (Fsp3) is 0.500. The lowest BCUT2D eigenvalue weighted by Gasteiger charge is -2.12. The Balaban J connectivity index is 2.47. The Morgan fingerprint density at radius 2 is 2.36 bits per heavy atom. The molecule has 0 amide bonds. The largest absolute Gasteiger partial charge is 0.358 e. The van der Waals surface area contributed by atoms with Crippen molar-refractivity contribution >= 4 is 22.6 Å². The van der Waals surface area contributed by atoms with E-state index in [2.05, 4.69) is 4.98 Å². The normalized spacial score (nSPS) is 21.4. The minimum Gasteiger partial charge on any atom is -0.358 e. The summed E-state index contributed by atoms with van der Waals surface area (Å²) >= 11 is 1.89. The molecule has 0 spiro atoms. The number of hydrogen-bond donors (Lipinski definition) is 1. The first kappa shape index (κ1) is 9.91. The highest BCUT2D eigenvalue weighted by molar-refractivity contribution is 14.1. The number of nitrogens with one attached hydrogen (secondary N) is 1. The molecule has 0 saturated carbocycles. The Hall–Kier alpha value is -0.630. The predicted molar refractivity (Wildman–Crippen MR) is 58.3 cm³/mol. The van der Waals surface area contributed by atoms with Crippen LogP contribution in [0.25, 0.3) is 0 Å². The van der Waals surface area contributed by atoms with Crippen LogP contribution in [0, 0.1) is 3.57 Å². The maximum Gasteiger partial charge on any atom is 0.330 e. The molecule has 0 aliphatic carbocycles. The molecule has 0 radical (unpaired) electrons. The Bertz CT molecular complexity index is 445. The fourth-order valence-electron chi connectivity index (χ4n) is 1.45. The van der Waals surface area contributed by atoms with E-state index >= 15 is 0 Å². The van der Waals surface area contributed by atoms with Crippen LogP contribution in [-0.2, 0) is 4.74 Å². The lowest BCUT2D eigenvalue weighted by molar-refractivity contribution is 0.0524. The van der Waals surface area contributed by atoms with Crippen molar-refractivity contribution in [1.29, 1.82) is 0 Å². The summed E-state index contributed by atoms with van der Waals surface area (Å²) in [5.41, 5.74) is -0.743. The van der Waals surface area contributed by atoms with Crippen molar-refractivity contribution in [2.75, 3.05) is 6.61 Å². The Morgan fingerprint density at radius 3 is 3.00 bits per heavy atom. The second-order valence-electron chi connectivity index (χ2n) is 3.11. The van der Waals surface area contributed by atoms with E-state index < -0.39 is 5.69 Å². The number of nitrogens with zero attached hydrogens (tertiary/aromatic N) is 1. The highest BCUT2D eigenvalue weighted by atomic mass is 127. The van der Waals surface area contributed by atoms with Gasteiger partial charge in [0.15, 0.2) is 0 Å². The van der Waals surface area contributed by atoms with E-state index in [1.807, 2.05) is 22.6 Å². The van der Waals surface area contributed by atoms with Gasteiger partial charge < -0.3 is 4.74 Å². The van der Waals surface area contributed by atoms with Gasteiger partial charge in [0.1, 0.15) is 6.23 Å². The first-order valence-electron chi connectivity index (χ1n) is 4.31. The van der Waals surface area contributed by atoms with Crippen LogP contribution in [0.1, 0.15) is 19.1 Å². The molecule has 14 heavy (non-hydrogen) atoms. The topological polar surface area (TPSA) is 64.1 Å². The summed E-state index contributed by atoms with van der Waals surface area (Å²) in [5.74, 6) is 0. The van der Waals surface area contributed by atoms with Crippen LogP contribution in [-0.4, -0.2) is 16.2 Å². The standard InChI is InChI=1S/C8H9IN2O3/c9-5-4-11(6-2-1-3-14-6)8(13)10-7(5)12/h4,6H,1-3H2,(H,10,12,13). The number of H-pyrrole nitrogens is 1. The molecule has 1 aliphatic rings. The third-order valence-corrected chi connectivity index (χ3v) is 2.91. The quantitative estimate of drug-likeness (QED) is 0.766. The smallest absolute Gasteiger partial charge is 0.330 e. The molecule has 1 atom stereocenters. The van der Waals surface area contributed by atoms with Crippen LogP contribution >= 0.6 is 22.6 Å². The van der Waals surface area contributed by atoms with Crippen LogP contribution in [0.15, 0.2) is 15.8 Å². The summed E-state index contributed by atoms with van der Waals surface area (Å²) in [7, 11) is 0. The molecule has 2 rings (SSSR count). The highest BCUT2D eigenvalue weighted by Gasteiger charge is 2.19. The Morgan fingerprint density at radius 1 is 1.57 bits per heavy atom. The van der Waals surface area contributed by atoms with E-state index in [0.717, 1.165) is 12.8 Å². The van der Waals surface area contributed by atoms with Crippen molar-refractivity contribution in [3.05, 3.63) is 30.6 Å². The van der Waals surface area contributed by atoms with Gasteiger partial charge in [-0.05, 0) is 35.4 Å². The minimum absolute atomic E-state index is 0.215. The summed E-state index contributed by atoms with van der Waals surface area (Å²) in [6.07, 6.45) is 3.10. The van der Waals surface area contributed by atoms with Gasteiger partial charge in [-0.3, -0.25) is 14.3 Å². The van der Waals surface area contributed by atoms with Gasteiger partial charge in [-0.2, -0.15) is 0 Å². The first-order valence-corrected chi connectivity index (χ1v) is 5.39. The molecular formula is C8H9IN2O3. The van der Waals surface area contributed by atoms with Crippen LogP contribution in [0.4, 0.5) is 0 Å². The zero-order valence-electron chi connectivity index (χ0n) is 7.33. The summed E-state index contributed by atoms with van der Waals surface area (Å²) in [4.78, 5) is 24.7. The van der Waals surface area contributed by atoms with E-state index in [9.17, 15) is 9.59 Å². The van der Waals surface area contributed by atoms with E-state index in [4.69, 9.17) is 4.74 Å². The first-order chi connectivity index (χ1) is 6.68. The number of hydrogen-bond acceptors (Lipinski definition) is 3. The molecule has 1 aromatic rings. The summed E-state index contributed by atoms with van der Waals surface area (Å²) in [5, 5.41) is 0. The van der Waals surface area contributed by atoms with Gasteiger partial charge in [-0.15, -0.1) is 0 Å². The predicted octanol–water partition coefficient (Wildman–Crippen LogP) is 0.450. The average Bonchev–Trinajstić information content (AvgIpc) is 2.64. The average molecular weight is 308 g/mol. The van der Waals surface area contributed by atoms with Crippen molar-refractivity contribution in [2.24, 2.45) is 0 Å². The monoisotopic (exact) mass is 308 g/mol. The van der Waals surface area contributed by atoms with Crippen molar-refractivity contribution in [2.45, 2.75) is 19.1 Å². The molecule has 0 bridgehead atoms. The molecule has 1 fully saturated rings. The van der Waals surface area contributed by atoms with Crippen LogP contribution in [0.5, 0.6) is 0 Å². The SMILES string of the molecule is O=c1[nH]c(=O)n(C2CCCO2)cc1I. The van der Waals surface area contributed by atoms with Gasteiger partial charge in [0, 0.05) is 12.8 Å². The number of rotatable bonds is 1. The molecule has 0 aromatic carbocycles. The molecule has 2 heterocycles. The van der Waals surface area contributed by atoms with Crippen molar-refractivity contribution in [3.8, 4) is 0 Å². The van der Waals surface area contributed by atoms with Gasteiger partial charge in [0.2, 0.25) is 0 Å².